The molecule has 0 atom stereocenters. The highest BCUT2D eigenvalue weighted by atomic mass is 16.1. The topological polar surface area (TPSA) is 97.3 Å². The van der Waals surface area contributed by atoms with Crippen molar-refractivity contribution in [2.75, 3.05) is 18.4 Å². The summed E-state index contributed by atoms with van der Waals surface area (Å²) >= 11 is 0. The van der Waals surface area contributed by atoms with Crippen LogP contribution in [0, 0.1) is 13.8 Å². The molecule has 1 aromatic carbocycles. The van der Waals surface area contributed by atoms with Crippen LogP contribution >= 0.6 is 0 Å². The molecule has 3 heterocycles. The predicted octanol–water partition coefficient (Wildman–Crippen LogP) is 3.45. The molecule has 0 saturated heterocycles. The Morgan fingerprint density at radius 3 is 2.63 bits per heavy atom. The van der Waals surface area contributed by atoms with E-state index in [1.807, 2.05) is 28.8 Å². The standard InChI is InChI=1S/C23H24N6O/c1-15-5-3-6-16(2)20(15)28-22-21(18-7-4-10-25-14-18)27-19-13-17(8-12-29(19)22)23(30)26-11-9-24/h3-8,10,12-14,28H,9,11,24H2,1-2H3,(H,26,30). The van der Waals surface area contributed by atoms with Crippen molar-refractivity contribution in [1.82, 2.24) is 19.7 Å². The minimum Gasteiger partial charge on any atom is -0.351 e. The molecule has 0 aliphatic rings. The summed E-state index contributed by atoms with van der Waals surface area (Å²) in [5.74, 6) is 0.655. The van der Waals surface area contributed by atoms with Gasteiger partial charge in [-0.05, 0) is 49.2 Å². The number of nitrogens with two attached hydrogens (primary N) is 1. The monoisotopic (exact) mass is 400 g/mol. The summed E-state index contributed by atoms with van der Waals surface area (Å²) in [7, 11) is 0. The summed E-state index contributed by atoms with van der Waals surface area (Å²) in [6.45, 7) is 4.97. The van der Waals surface area contributed by atoms with Gasteiger partial charge < -0.3 is 16.4 Å². The lowest BCUT2D eigenvalue weighted by molar-refractivity contribution is 0.0954. The first kappa shape index (κ1) is 19.6. The number of pyridine rings is 2. The van der Waals surface area contributed by atoms with E-state index in [1.54, 1.807) is 24.5 Å². The molecule has 0 saturated carbocycles. The van der Waals surface area contributed by atoms with Crippen LogP contribution in [0.4, 0.5) is 11.5 Å². The average Bonchev–Trinajstić information content (AvgIpc) is 3.13. The number of hydrogen-bond acceptors (Lipinski definition) is 5. The number of hydrogen-bond donors (Lipinski definition) is 3. The van der Waals surface area contributed by atoms with Gasteiger partial charge in [-0.25, -0.2) is 4.98 Å². The fourth-order valence-electron chi connectivity index (χ4n) is 3.43. The summed E-state index contributed by atoms with van der Waals surface area (Å²) in [6, 6.07) is 13.6. The highest BCUT2D eigenvalue weighted by molar-refractivity contribution is 5.95. The van der Waals surface area contributed by atoms with E-state index in [1.165, 1.54) is 0 Å². The van der Waals surface area contributed by atoms with Gasteiger partial charge in [0.2, 0.25) is 0 Å². The van der Waals surface area contributed by atoms with Crippen LogP contribution in [-0.2, 0) is 0 Å². The molecule has 0 aliphatic carbocycles. The third kappa shape index (κ3) is 3.75. The van der Waals surface area contributed by atoms with Crippen LogP contribution < -0.4 is 16.4 Å². The molecule has 0 radical (unpaired) electrons. The van der Waals surface area contributed by atoms with Crippen LogP contribution in [0.3, 0.4) is 0 Å². The smallest absolute Gasteiger partial charge is 0.251 e. The number of imidazole rings is 1. The lowest BCUT2D eigenvalue weighted by atomic mass is 10.1. The first-order chi connectivity index (χ1) is 14.6. The summed E-state index contributed by atoms with van der Waals surface area (Å²) in [4.78, 5) is 21.4. The number of nitrogens with zero attached hydrogens (tertiary/aromatic N) is 3. The molecule has 1 amide bonds. The number of para-hydroxylation sites is 1. The molecular formula is C23H24N6O. The third-order valence-corrected chi connectivity index (χ3v) is 4.98. The molecule has 3 aromatic heterocycles. The average molecular weight is 400 g/mol. The van der Waals surface area contributed by atoms with Crippen LogP contribution in [0.15, 0.2) is 61.1 Å². The summed E-state index contributed by atoms with van der Waals surface area (Å²) in [5, 5.41) is 6.36. The van der Waals surface area contributed by atoms with E-state index in [9.17, 15) is 4.79 Å². The number of benzene rings is 1. The maximum atomic E-state index is 12.4. The van der Waals surface area contributed by atoms with E-state index in [2.05, 4.69) is 41.6 Å². The Morgan fingerprint density at radius 1 is 1.13 bits per heavy atom. The highest BCUT2D eigenvalue weighted by Crippen LogP contribution is 2.33. The Bertz CT molecular complexity index is 1180. The molecule has 7 heteroatoms. The molecule has 7 nitrogen and oxygen atoms in total. The largest absolute Gasteiger partial charge is 0.351 e. The lowest BCUT2D eigenvalue weighted by Crippen LogP contribution is -2.29. The molecule has 30 heavy (non-hydrogen) atoms. The van der Waals surface area contributed by atoms with Crippen molar-refractivity contribution < 1.29 is 4.79 Å². The Kier molecular flexibility index (Phi) is 5.45. The summed E-state index contributed by atoms with van der Waals surface area (Å²) in [6.07, 6.45) is 5.37. The van der Waals surface area contributed by atoms with Gasteiger partial charge in [-0.1, -0.05) is 18.2 Å². The molecule has 0 aliphatic heterocycles. The quantitative estimate of drug-likeness (QED) is 0.461. The van der Waals surface area contributed by atoms with Crippen molar-refractivity contribution in [3.05, 3.63) is 77.7 Å². The van der Waals surface area contributed by atoms with Crippen LogP contribution in [0.5, 0.6) is 0 Å². The first-order valence-electron chi connectivity index (χ1n) is 9.82. The first-order valence-corrected chi connectivity index (χ1v) is 9.82. The van der Waals surface area contributed by atoms with Gasteiger partial charge in [-0.15, -0.1) is 0 Å². The molecule has 0 unspecified atom stereocenters. The zero-order chi connectivity index (χ0) is 21.1. The van der Waals surface area contributed by atoms with Crippen LogP contribution in [0.2, 0.25) is 0 Å². The van der Waals surface area contributed by atoms with Gasteiger partial charge in [-0.3, -0.25) is 14.2 Å². The second kappa shape index (κ2) is 8.34. The van der Waals surface area contributed by atoms with Crippen molar-refractivity contribution in [3.63, 3.8) is 0 Å². The molecule has 152 valence electrons. The zero-order valence-corrected chi connectivity index (χ0v) is 17.0. The van der Waals surface area contributed by atoms with Gasteiger partial charge in [0, 0.05) is 48.5 Å². The Balaban J connectivity index is 1.85. The lowest BCUT2D eigenvalue weighted by Gasteiger charge is -2.14. The maximum absolute atomic E-state index is 12.4. The Labute approximate surface area is 175 Å². The van der Waals surface area contributed by atoms with Gasteiger partial charge in [0.15, 0.2) is 0 Å². The summed E-state index contributed by atoms with van der Waals surface area (Å²) < 4.78 is 1.95. The van der Waals surface area contributed by atoms with Gasteiger partial charge in [0.25, 0.3) is 5.91 Å². The Morgan fingerprint density at radius 2 is 1.93 bits per heavy atom. The van der Waals surface area contributed by atoms with Crippen molar-refractivity contribution in [3.8, 4) is 11.3 Å². The van der Waals surface area contributed by atoms with Gasteiger partial charge >= 0.3 is 0 Å². The van der Waals surface area contributed by atoms with E-state index in [4.69, 9.17) is 10.7 Å². The highest BCUT2D eigenvalue weighted by Gasteiger charge is 2.17. The van der Waals surface area contributed by atoms with E-state index in [-0.39, 0.29) is 5.91 Å². The fraction of sp³-hybridized carbons (Fsp3) is 0.174. The molecule has 0 bridgehead atoms. The van der Waals surface area contributed by atoms with Crippen LogP contribution in [0.1, 0.15) is 21.5 Å². The number of fused-ring (bicyclic) bond motifs is 1. The van der Waals surface area contributed by atoms with Crippen LogP contribution in [0.25, 0.3) is 16.9 Å². The van der Waals surface area contributed by atoms with Crippen molar-refractivity contribution >= 4 is 23.1 Å². The van der Waals surface area contributed by atoms with Crippen molar-refractivity contribution in [2.45, 2.75) is 13.8 Å². The molecular weight excluding hydrogens is 376 g/mol. The van der Waals surface area contributed by atoms with E-state index >= 15 is 0 Å². The number of anilines is 2. The van der Waals surface area contributed by atoms with E-state index in [0.717, 1.165) is 33.9 Å². The predicted molar refractivity (Wildman–Crippen MR) is 119 cm³/mol. The van der Waals surface area contributed by atoms with E-state index < -0.39 is 0 Å². The number of amides is 1. The fourth-order valence-corrected chi connectivity index (χ4v) is 3.43. The van der Waals surface area contributed by atoms with Crippen molar-refractivity contribution in [2.24, 2.45) is 5.73 Å². The second-order valence-corrected chi connectivity index (χ2v) is 7.13. The van der Waals surface area contributed by atoms with Crippen molar-refractivity contribution in [1.29, 1.82) is 0 Å². The molecule has 4 N–H and O–H groups in total. The number of carbonyl (C=O) groups is 1. The molecule has 4 aromatic rings. The summed E-state index contributed by atoms with van der Waals surface area (Å²) in [5.41, 5.74) is 11.7. The number of carbonyl (C=O) groups excluding carboxylic acids is 1. The number of aromatic nitrogens is 3. The second-order valence-electron chi connectivity index (χ2n) is 7.13. The zero-order valence-electron chi connectivity index (χ0n) is 17.0. The van der Waals surface area contributed by atoms with Gasteiger partial charge in [-0.2, -0.15) is 0 Å². The number of aryl methyl sites for hydroxylation is 2. The normalized spacial score (nSPS) is 10.9. The number of nitrogens with one attached hydrogen (secondary N) is 2. The van der Waals surface area contributed by atoms with Crippen LogP contribution in [-0.4, -0.2) is 33.4 Å². The van der Waals surface area contributed by atoms with Gasteiger partial charge in [0.05, 0.1) is 0 Å². The Hall–Kier alpha value is -3.71. The van der Waals surface area contributed by atoms with Gasteiger partial charge in [0.1, 0.15) is 17.2 Å². The maximum Gasteiger partial charge on any atom is 0.251 e. The molecule has 4 rings (SSSR count). The number of rotatable bonds is 6. The third-order valence-electron chi connectivity index (χ3n) is 4.98. The van der Waals surface area contributed by atoms with E-state index in [0.29, 0.717) is 24.3 Å². The minimum absolute atomic E-state index is 0.168. The minimum atomic E-state index is -0.168. The molecule has 0 spiro atoms. The SMILES string of the molecule is Cc1cccc(C)c1Nc1c(-c2cccnc2)nc2cc(C(=O)NCCN)ccn12. The molecule has 0 fully saturated rings.